The summed E-state index contributed by atoms with van der Waals surface area (Å²) in [6.45, 7) is 11.8. The van der Waals surface area contributed by atoms with Gasteiger partial charge in [0.05, 0.1) is 18.0 Å². The summed E-state index contributed by atoms with van der Waals surface area (Å²) in [4.78, 5) is 0.292. The second-order valence-corrected chi connectivity index (χ2v) is 10.5. The Kier molecular flexibility index (Phi) is 5.71. The average molecular weight is 418 g/mol. The van der Waals surface area contributed by atoms with E-state index in [-0.39, 0.29) is 12.0 Å². The summed E-state index contributed by atoms with van der Waals surface area (Å²) in [6.07, 6.45) is 0.551. The van der Waals surface area contributed by atoms with Crippen LogP contribution in [0.3, 0.4) is 0 Å². The Balaban J connectivity index is 2.04. The third-order valence-corrected chi connectivity index (χ3v) is 6.97. The van der Waals surface area contributed by atoms with Crippen molar-refractivity contribution < 1.29 is 17.9 Å². The Bertz CT molecular complexity index is 1030. The molecule has 0 aromatic heterocycles. The van der Waals surface area contributed by atoms with E-state index < -0.39 is 15.6 Å². The fourth-order valence-electron chi connectivity index (χ4n) is 3.92. The highest BCUT2D eigenvalue weighted by Crippen LogP contribution is 2.41. The van der Waals surface area contributed by atoms with Gasteiger partial charge in [-0.2, -0.15) is 0 Å². The number of hydrogen-bond donors (Lipinski definition) is 1. The second kappa shape index (κ2) is 7.65. The minimum atomic E-state index is -3.74. The average Bonchev–Trinajstić information content (AvgIpc) is 2.60. The molecular weight excluding hydrogens is 386 g/mol. The molecule has 1 heterocycles. The van der Waals surface area contributed by atoms with Crippen LogP contribution in [0.15, 0.2) is 35.2 Å². The summed E-state index contributed by atoms with van der Waals surface area (Å²) in [5.74, 6) is 1.59. The molecule has 5 nitrogen and oxygen atoms in total. The summed E-state index contributed by atoms with van der Waals surface area (Å²) >= 11 is 0. The zero-order chi connectivity index (χ0) is 21.6. The van der Waals surface area contributed by atoms with Crippen molar-refractivity contribution in [3.8, 4) is 11.5 Å². The molecule has 0 radical (unpaired) electrons. The summed E-state index contributed by atoms with van der Waals surface area (Å²) in [5, 5.41) is 0. The van der Waals surface area contributed by atoms with Crippen molar-refractivity contribution in [2.75, 3.05) is 7.11 Å². The highest BCUT2D eigenvalue weighted by Gasteiger charge is 2.36. The van der Waals surface area contributed by atoms with Crippen LogP contribution in [0.25, 0.3) is 0 Å². The number of aryl methyl sites for hydroxylation is 2. The molecule has 0 bridgehead atoms. The van der Waals surface area contributed by atoms with Crippen LogP contribution in [0.1, 0.15) is 68.3 Å². The van der Waals surface area contributed by atoms with Crippen LogP contribution >= 0.6 is 0 Å². The van der Waals surface area contributed by atoms with Gasteiger partial charge in [-0.05, 0) is 62.9 Å². The van der Waals surface area contributed by atoms with Crippen LogP contribution in [0, 0.1) is 13.8 Å². The van der Waals surface area contributed by atoms with Crippen LogP contribution < -0.4 is 14.2 Å². The SMILES string of the molecule is COc1cc(C)c(S(=O)(=O)NC2CC(C)(C)Oc3ccc(C)cc32)cc1C(C)C. The van der Waals surface area contributed by atoms with Crippen LogP contribution in [-0.2, 0) is 10.0 Å². The predicted molar refractivity (Wildman–Crippen MR) is 115 cm³/mol. The van der Waals surface area contributed by atoms with Crippen molar-refractivity contribution in [2.45, 2.75) is 70.4 Å². The molecule has 0 spiro atoms. The fourth-order valence-corrected chi connectivity index (χ4v) is 5.40. The topological polar surface area (TPSA) is 64.6 Å². The third kappa shape index (κ3) is 4.43. The monoisotopic (exact) mass is 417 g/mol. The molecule has 158 valence electrons. The predicted octanol–water partition coefficient (Wildman–Crippen LogP) is 5.02. The first kappa shape index (κ1) is 21.7. The van der Waals surface area contributed by atoms with Crippen molar-refractivity contribution in [3.63, 3.8) is 0 Å². The van der Waals surface area contributed by atoms with E-state index >= 15 is 0 Å². The van der Waals surface area contributed by atoms with E-state index in [4.69, 9.17) is 9.47 Å². The van der Waals surface area contributed by atoms with E-state index in [2.05, 4.69) is 4.72 Å². The van der Waals surface area contributed by atoms with E-state index in [0.717, 1.165) is 22.4 Å². The summed E-state index contributed by atoms with van der Waals surface area (Å²) in [5.41, 5.74) is 3.02. The molecule has 1 aliphatic heterocycles. The molecular formula is C23H31NO4S. The minimum Gasteiger partial charge on any atom is -0.496 e. The molecule has 0 amide bonds. The Hall–Kier alpha value is -2.05. The largest absolute Gasteiger partial charge is 0.496 e. The molecule has 2 aromatic rings. The Morgan fingerprint density at radius 3 is 2.48 bits per heavy atom. The molecule has 3 rings (SSSR count). The maximum Gasteiger partial charge on any atom is 0.241 e. The Morgan fingerprint density at radius 1 is 1.17 bits per heavy atom. The van der Waals surface area contributed by atoms with Gasteiger partial charge in [0.1, 0.15) is 17.1 Å². The number of ether oxygens (including phenoxy) is 2. The van der Waals surface area contributed by atoms with Crippen molar-refractivity contribution in [2.24, 2.45) is 0 Å². The zero-order valence-corrected chi connectivity index (χ0v) is 19.1. The van der Waals surface area contributed by atoms with Gasteiger partial charge in [0.15, 0.2) is 0 Å². The molecule has 0 saturated carbocycles. The standard InChI is InChI=1S/C23H31NO4S/c1-14(2)17-12-22(16(4)11-21(17)27-7)29(25,26)24-19-13-23(5,6)28-20-9-8-15(3)10-18(19)20/h8-12,14,19,24H,13H2,1-7H3. The number of sulfonamides is 1. The Labute approximate surface area is 174 Å². The van der Waals surface area contributed by atoms with Gasteiger partial charge in [0.25, 0.3) is 0 Å². The summed E-state index contributed by atoms with van der Waals surface area (Å²) in [7, 11) is -2.13. The first-order valence-corrected chi connectivity index (χ1v) is 11.4. The number of hydrogen-bond acceptors (Lipinski definition) is 4. The Morgan fingerprint density at radius 2 is 1.86 bits per heavy atom. The molecule has 1 N–H and O–H groups in total. The smallest absolute Gasteiger partial charge is 0.241 e. The maximum absolute atomic E-state index is 13.4. The number of methoxy groups -OCH3 is 1. The van der Waals surface area contributed by atoms with Crippen molar-refractivity contribution in [1.82, 2.24) is 4.72 Å². The van der Waals surface area contributed by atoms with Gasteiger partial charge in [-0.15, -0.1) is 0 Å². The van der Waals surface area contributed by atoms with Gasteiger partial charge in [-0.25, -0.2) is 13.1 Å². The first-order chi connectivity index (χ1) is 13.4. The van der Waals surface area contributed by atoms with E-state index in [1.807, 2.05) is 52.8 Å². The molecule has 0 aliphatic carbocycles. The van der Waals surface area contributed by atoms with Gasteiger partial charge in [0.2, 0.25) is 10.0 Å². The lowest BCUT2D eigenvalue weighted by Gasteiger charge is -2.38. The zero-order valence-electron chi connectivity index (χ0n) is 18.3. The van der Waals surface area contributed by atoms with Gasteiger partial charge in [-0.3, -0.25) is 0 Å². The third-order valence-electron chi connectivity index (χ3n) is 5.36. The number of nitrogens with one attached hydrogen (secondary N) is 1. The molecule has 2 aromatic carbocycles. The maximum atomic E-state index is 13.4. The molecule has 1 aliphatic rings. The molecule has 0 saturated heterocycles. The van der Waals surface area contributed by atoms with Crippen LogP contribution in [-0.4, -0.2) is 21.1 Å². The quantitative estimate of drug-likeness (QED) is 0.742. The van der Waals surface area contributed by atoms with E-state index in [9.17, 15) is 8.42 Å². The second-order valence-electron chi connectivity index (χ2n) is 8.80. The molecule has 29 heavy (non-hydrogen) atoms. The van der Waals surface area contributed by atoms with Crippen molar-refractivity contribution >= 4 is 10.0 Å². The van der Waals surface area contributed by atoms with Gasteiger partial charge >= 0.3 is 0 Å². The molecule has 0 fully saturated rings. The van der Waals surface area contributed by atoms with Crippen molar-refractivity contribution in [3.05, 3.63) is 52.6 Å². The number of fused-ring (bicyclic) bond motifs is 1. The molecule has 1 unspecified atom stereocenters. The van der Waals surface area contributed by atoms with Crippen LogP contribution in [0.2, 0.25) is 0 Å². The minimum absolute atomic E-state index is 0.143. The van der Waals surface area contributed by atoms with Gasteiger partial charge < -0.3 is 9.47 Å². The summed E-state index contributed by atoms with van der Waals surface area (Å²) < 4.78 is 41.3. The number of benzene rings is 2. The molecule has 6 heteroatoms. The van der Waals surface area contributed by atoms with E-state index in [0.29, 0.717) is 22.6 Å². The van der Waals surface area contributed by atoms with E-state index in [1.54, 1.807) is 26.2 Å². The lowest BCUT2D eigenvalue weighted by molar-refractivity contribution is 0.0701. The lowest BCUT2D eigenvalue weighted by Crippen LogP contribution is -2.41. The normalized spacial score (nSPS) is 18.3. The van der Waals surface area contributed by atoms with Crippen molar-refractivity contribution in [1.29, 1.82) is 0 Å². The highest BCUT2D eigenvalue weighted by molar-refractivity contribution is 7.89. The first-order valence-electron chi connectivity index (χ1n) is 9.94. The highest BCUT2D eigenvalue weighted by atomic mass is 32.2. The lowest BCUT2D eigenvalue weighted by atomic mass is 9.89. The van der Waals surface area contributed by atoms with E-state index in [1.165, 1.54) is 0 Å². The van der Waals surface area contributed by atoms with Crippen LogP contribution in [0.4, 0.5) is 0 Å². The number of rotatable bonds is 5. The molecule has 1 atom stereocenters. The van der Waals surface area contributed by atoms with Gasteiger partial charge in [-0.1, -0.05) is 31.5 Å². The van der Waals surface area contributed by atoms with Crippen LogP contribution in [0.5, 0.6) is 11.5 Å². The van der Waals surface area contributed by atoms with Gasteiger partial charge in [0, 0.05) is 12.0 Å². The summed E-state index contributed by atoms with van der Waals surface area (Å²) in [6, 6.07) is 9.08. The fraction of sp³-hybridized carbons (Fsp3) is 0.478.